The van der Waals surface area contributed by atoms with E-state index >= 15 is 0 Å². The summed E-state index contributed by atoms with van der Waals surface area (Å²) in [4.78, 5) is 27.0. The largest absolute Gasteiger partial charge is 0.486 e. The number of ether oxygens (including phenoxy) is 1. The van der Waals surface area contributed by atoms with Gasteiger partial charge in [-0.3, -0.25) is 9.59 Å². The van der Waals surface area contributed by atoms with Gasteiger partial charge in [0.25, 0.3) is 5.91 Å². The third-order valence-corrected chi connectivity index (χ3v) is 8.30. The number of rotatable bonds is 5. The Kier molecular flexibility index (Phi) is 5.97. The summed E-state index contributed by atoms with van der Waals surface area (Å²) in [6, 6.07) is 1.72. The Balaban J connectivity index is 1.53. The molecule has 0 radical (unpaired) electrons. The maximum absolute atomic E-state index is 12.5. The molecular weight excluding hydrogens is 456 g/mol. The molecule has 2 aliphatic rings. The summed E-state index contributed by atoms with van der Waals surface area (Å²) in [5, 5.41) is 4.73. The van der Waals surface area contributed by atoms with Gasteiger partial charge in [-0.05, 0) is 47.7 Å². The maximum atomic E-state index is 12.5. The van der Waals surface area contributed by atoms with Crippen LogP contribution in [0.4, 0.5) is 0 Å². The molecule has 7 nitrogen and oxygen atoms in total. The third kappa shape index (κ3) is 4.55. The summed E-state index contributed by atoms with van der Waals surface area (Å²) in [6.07, 6.45) is 2.27. The Labute approximate surface area is 170 Å². The first-order valence-electron chi connectivity index (χ1n) is 8.55. The van der Waals surface area contributed by atoms with E-state index < -0.39 is 9.84 Å². The first kappa shape index (κ1) is 20.3. The number of nitrogens with one attached hydrogen (secondary N) is 1. The van der Waals surface area contributed by atoms with E-state index in [0.717, 1.165) is 9.88 Å². The molecule has 1 N–H and O–H groups in total. The van der Waals surface area contributed by atoms with Crippen LogP contribution in [-0.4, -0.2) is 57.1 Å². The topological polar surface area (TPSA) is 92.8 Å². The normalized spacial score (nSPS) is 23.7. The highest BCUT2D eigenvalue weighted by molar-refractivity contribution is 9.10. The highest BCUT2D eigenvalue weighted by atomic mass is 79.9. The van der Waals surface area contributed by atoms with E-state index in [9.17, 15) is 18.0 Å². The van der Waals surface area contributed by atoms with Crippen LogP contribution < -0.4 is 10.1 Å². The standard InChI is InChI=1S/C17H21BrN2O5S2/c1-20(16(22)10-4-3-5-27(23,24)9-10)12-6-11(7-12)19-15(21)14-8-13(18)17(25-2)26-14/h8-9,11-12H,3-7H2,1-2H3,(H,19,21). The lowest BCUT2D eigenvalue weighted by molar-refractivity contribution is -0.129. The van der Waals surface area contributed by atoms with Crippen molar-refractivity contribution in [2.45, 2.75) is 37.8 Å². The van der Waals surface area contributed by atoms with Gasteiger partial charge in [-0.2, -0.15) is 0 Å². The average molecular weight is 477 g/mol. The van der Waals surface area contributed by atoms with Gasteiger partial charge in [0.2, 0.25) is 5.91 Å². The summed E-state index contributed by atoms with van der Waals surface area (Å²) in [5.74, 6) is -0.295. The van der Waals surface area contributed by atoms with Gasteiger partial charge in [-0.15, -0.1) is 0 Å². The number of halogens is 1. The molecule has 1 fully saturated rings. The van der Waals surface area contributed by atoms with Gasteiger partial charge in [-0.25, -0.2) is 8.42 Å². The number of carbonyl (C=O) groups is 2. The first-order chi connectivity index (χ1) is 12.7. The summed E-state index contributed by atoms with van der Waals surface area (Å²) in [6.45, 7) is 0. The van der Waals surface area contributed by atoms with Crippen LogP contribution in [0, 0.1) is 0 Å². The van der Waals surface area contributed by atoms with Crippen LogP contribution in [0.1, 0.15) is 35.4 Å². The summed E-state index contributed by atoms with van der Waals surface area (Å²) >= 11 is 4.61. The molecule has 27 heavy (non-hydrogen) atoms. The third-order valence-electron chi connectivity index (χ3n) is 4.85. The van der Waals surface area contributed by atoms with E-state index in [0.29, 0.717) is 41.2 Å². The van der Waals surface area contributed by atoms with Crippen molar-refractivity contribution in [3.05, 3.63) is 26.4 Å². The van der Waals surface area contributed by atoms with Crippen molar-refractivity contribution in [2.24, 2.45) is 0 Å². The second kappa shape index (κ2) is 7.92. The van der Waals surface area contributed by atoms with Gasteiger partial charge in [0.1, 0.15) is 0 Å². The number of carbonyl (C=O) groups excluding carboxylic acids is 2. The van der Waals surface area contributed by atoms with Gasteiger partial charge in [0.05, 0.1) is 22.2 Å². The van der Waals surface area contributed by atoms with Crippen LogP contribution in [0.2, 0.25) is 0 Å². The molecule has 0 spiro atoms. The van der Waals surface area contributed by atoms with Crippen LogP contribution in [-0.2, 0) is 14.6 Å². The predicted molar refractivity (Wildman–Crippen MR) is 107 cm³/mol. The van der Waals surface area contributed by atoms with E-state index in [2.05, 4.69) is 21.2 Å². The molecule has 1 aromatic rings. The van der Waals surface area contributed by atoms with Crippen molar-refractivity contribution in [3.63, 3.8) is 0 Å². The molecule has 2 heterocycles. The lowest BCUT2D eigenvalue weighted by Gasteiger charge is -2.41. The first-order valence-corrected chi connectivity index (χ1v) is 11.9. The summed E-state index contributed by atoms with van der Waals surface area (Å²) in [5.41, 5.74) is 0.353. The minimum Gasteiger partial charge on any atom is -0.486 e. The van der Waals surface area contributed by atoms with E-state index in [4.69, 9.17) is 4.74 Å². The smallest absolute Gasteiger partial charge is 0.261 e. The number of hydrogen-bond donors (Lipinski definition) is 1. The van der Waals surface area contributed by atoms with Crippen molar-refractivity contribution < 1.29 is 22.7 Å². The molecule has 3 rings (SSSR count). The van der Waals surface area contributed by atoms with E-state index in [1.807, 2.05) is 0 Å². The zero-order chi connectivity index (χ0) is 19.8. The quantitative estimate of drug-likeness (QED) is 0.703. The van der Waals surface area contributed by atoms with Crippen molar-refractivity contribution in [1.82, 2.24) is 10.2 Å². The number of likely N-dealkylation sites (N-methyl/N-ethyl adjacent to an activating group) is 1. The fourth-order valence-electron chi connectivity index (χ4n) is 3.23. The van der Waals surface area contributed by atoms with E-state index in [1.165, 1.54) is 11.3 Å². The molecule has 0 saturated heterocycles. The lowest BCUT2D eigenvalue weighted by Crippen LogP contribution is -2.54. The van der Waals surface area contributed by atoms with Crippen molar-refractivity contribution in [1.29, 1.82) is 0 Å². The number of nitrogens with zero attached hydrogens (tertiary/aromatic N) is 1. The number of hydrogen-bond acceptors (Lipinski definition) is 6. The van der Waals surface area contributed by atoms with Crippen molar-refractivity contribution in [2.75, 3.05) is 19.9 Å². The maximum Gasteiger partial charge on any atom is 0.261 e. The van der Waals surface area contributed by atoms with Crippen LogP contribution in [0.5, 0.6) is 5.06 Å². The molecular formula is C17H21BrN2O5S2. The summed E-state index contributed by atoms with van der Waals surface area (Å²) in [7, 11) is -0.0264. The highest BCUT2D eigenvalue weighted by Crippen LogP contribution is 2.35. The Morgan fingerprint density at radius 1 is 1.37 bits per heavy atom. The second-order valence-electron chi connectivity index (χ2n) is 6.78. The lowest BCUT2D eigenvalue weighted by atomic mass is 9.85. The molecule has 0 bridgehead atoms. The van der Waals surface area contributed by atoms with Gasteiger partial charge in [0.15, 0.2) is 14.9 Å². The molecule has 2 amide bonds. The fourth-order valence-corrected chi connectivity index (χ4v) is 6.10. The fraction of sp³-hybridized carbons (Fsp3) is 0.529. The van der Waals surface area contributed by atoms with Crippen molar-refractivity contribution >= 4 is 48.9 Å². The molecule has 10 heteroatoms. The Bertz CT molecular complexity index is 887. The molecule has 1 saturated carbocycles. The molecule has 1 aliphatic carbocycles. The Hall–Kier alpha value is -1.39. The molecule has 0 aromatic carbocycles. The van der Waals surface area contributed by atoms with Crippen molar-refractivity contribution in [3.8, 4) is 5.06 Å². The van der Waals surface area contributed by atoms with Crippen LogP contribution >= 0.6 is 27.3 Å². The number of thiophene rings is 1. The predicted octanol–water partition coefficient (Wildman–Crippen LogP) is 2.33. The minimum atomic E-state index is -3.27. The van der Waals surface area contributed by atoms with Crippen LogP contribution in [0.3, 0.4) is 0 Å². The van der Waals surface area contributed by atoms with E-state index in [-0.39, 0.29) is 29.7 Å². The molecule has 1 aliphatic heterocycles. The van der Waals surface area contributed by atoms with E-state index in [1.54, 1.807) is 25.1 Å². The Morgan fingerprint density at radius 3 is 2.67 bits per heavy atom. The summed E-state index contributed by atoms with van der Waals surface area (Å²) < 4.78 is 29.3. The van der Waals surface area contributed by atoms with Gasteiger partial charge < -0.3 is 15.0 Å². The minimum absolute atomic E-state index is 0.00191. The SMILES string of the molecule is COc1sc(C(=O)NC2CC(N(C)C(=O)C3=CS(=O)(=O)CCC3)C2)cc1Br. The molecule has 1 aromatic heterocycles. The van der Waals surface area contributed by atoms with Crippen LogP contribution in [0.25, 0.3) is 0 Å². The van der Waals surface area contributed by atoms with Crippen LogP contribution in [0.15, 0.2) is 21.5 Å². The van der Waals surface area contributed by atoms with Gasteiger partial charge in [-0.1, -0.05) is 11.3 Å². The Morgan fingerprint density at radius 2 is 2.07 bits per heavy atom. The molecule has 0 unspecified atom stereocenters. The average Bonchev–Trinajstić information content (AvgIpc) is 2.96. The molecule has 148 valence electrons. The number of sulfone groups is 1. The van der Waals surface area contributed by atoms with Gasteiger partial charge >= 0.3 is 0 Å². The number of amides is 2. The number of methoxy groups -OCH3 is 1. The monoisotopic (exact) mass is 476 g/mol. The second-order valence-corrected chi connectivity index (χ2v) is 10.6. The zero-order valence-corrected chi connectivity index (χ0v) is 18.2. The highest BCUT2D eigenvalue weighted by Gasteiger charge is 2.36. The zero-order valence-electron chi connectivity index (χ0n) is 15.0. The van der Waals surface area contributed by atoms with Gasteiger partial charge in [0, 0.05) is 30.1 Å². The molecule has 0 atom stereocenters.